The molecule has 2 rings (SSSR count). The minimum atomic E-state index is -0.157. The van der Waals surface area contributed by atoms with Crippen LogP contribution in [0.5, 0.6) is 0 Å². The lowest BCUT2D eigenvalue weighted by Gasteiger charge is -2.08. The largest absolute Gasteiger partial charge is 0.355 e. The standard InChI is InChI=1S/C12H16N2O2.C12H20N2/c1-8(2)14-12(16)10-6-4-9(5-7-10)11(15)13-3;1-10(2)14-9-12-6-4-11(5-7-12)8-13-3/h4-8H,1-3H3,(H,13,15)(H,14,16);4-7,10,13-14H,8-9H2,1-3H3. The fourth-order valence-electron chi connectivity index (χ4n) is 2.56. The summed E-state index contributed by atoms with van der Waals surface area (Å²) in [4.78, 5) is 22.9. The first kappa shape index (κ1) is 25.3. The van der Waals surface area contributed by atoms with Gasteiger partial charge in [-0.1, -0.05) is 38.1 Å². The zero-order valence-corrected chi connectivity index (χ0v) is 19.0. The monoisotopic (exact) mass is 412 g/mol. The first-order valence-corrected chi connectivity index (χ1v) is 10.4. The van der Waals surface area contributed by atoms with Crippen LogP contribution in [0.3, 0.4) is 0 Å². The van der Waals surface area contributed by atoms with E-state index in [2.05, 4.69) is 59.4 Å². The number of carbonyl (C=O) groups is 2. The molecule has 0 saturated heterocycles. The predicted octanol–water partition coefficient (Wildman–Crippen LogP) is 3.09. The van der Waals surface area contributed by atoms with Gasteiger partial charge in [-0.2, -0.15) is 0 Å². The fourth-order valence-corrected chi connectivity index (χ4v) is 2.56. The third-order valence-electron chi connectivity index (χ3n) is 4.17. The van der Waals surface area contributed by atoms with Gasteiger partial charge in [0.25, 0.3) is 11.8 Å². The molecule has 6 heteroatoms. The molecule has 0 unspecified atom stereocenters. The van der Waals surface area contributed by atoms with Gasteiger partial charge >= 0.3 is 0 Å². The summed E-state index contributed by atoms with van der Waals surface area (Å²) in [6.07, 6.45) is 0. The van der Waals surface area contributed by atoms with Crippen molar-refractivity contribution >= 4 is 11.8 Å². The maximum absolute atomic E-state index is 11.6. The van der Waals surface area contributed by atoms with Crippen LogP contribution in [0, 0.1) is 0 Å². The van der Waals surface area contributed by atoms with E-state index in [1.165, 1.54) is 11.1 Å². The van der Waals surface area contributed by atoms with Gasteiger partial charge in [-0.25, -0.2) is 0 Å². The second-order valence-corrected chi connectivity index (χ2v) is 7.67. The Morgan fingerprint density at radius 3 is 1.57 bits per heavy atom. The Morgan fingerprint density at radius 1 is 0.700 bits per heavy atom. The average Bonchev–Trinajstić information content (AvgIpc) is 2.73. The van der Waals surface area contributed by atoms with Crippen molar-refractivity contribution in [2.24, 2.45) is 0 Å². The number of hydrogen-bond donors (Lipinski definition) is 4. The summed E-state index contributed by atoms with van der Waals surface area (Å²) in [5.74, 6) is -0.283. The Morgan fingerprint density at radius 2 is 1.17 bits per heavy atom. The van der Waals surface area contributed by atoms with Crippen molar-refractivity contribution in [3.63, 3.8) is 0 Å². The summed E-state index contributed by atoms with van der Waals surface area (Å²) in [6, 6.07) is 15.9. The highest BCUT2D eigenvalue weighted by atomic mass is 16.2. The molecule has 0 spiro atoms. The highest BCUT2D eigenvalue weighted by Gasteiger charge is 2.08. The van der Waals surface area contributed by atoms with Crippen molar-refractivity contribution in [2.45, 2.75) is 52.9 Å². The van der Waals surface area contributed by atoms with Gasteiger partial charge in [-0.05, 0) is 56.3 Å². The zero-order valence-electron chi connectivity index (χ0n) is 19.0. The van der Waals surface area contributed by atoms with Gasteiger partial charge in [0.1, 0.15) is 0 Å². The molecule has 2 amide bonds. The van der Waals surface area contributed by atoms with E-state index in [-0.39, 0.29) is 17.9 Å². The Bertz CT molecular complexity index is 769. The highest BCUT2D eigenvalue weighted by Crippen LogP contribution is 2.05. The molecule has 0 aliphatic carbocycles. The summed E-state index contributed by atoms with van der Waals surface area (Å²) in [6.45, 7) is 10.0. The molecule has 30 heavy (non-hydrogen) atoms. The minimum absolute atomic E-state index is 0.103. The van der Waals surface area contributed by atoms with Crippen molar-refractivity contribution in [1.82, 2.24) is 21.3 Å². The van der Waals surface area contributed by atoms with E-state index in [9.17, 15) is 9.59 Å². The second kappa shape index (κ2) is 13.5. The second-order valence-electron chi connectivity index (χ2n) is 7.67. The van der Waals surface area contributed by atoms with Crippen LogP contribution >= 0.6 is 0 Å². The van der Waals surface area contributed by atoms with Gasteiger partial charge in [0.05, 0.1) is 0 Å². The average molecular weight is 413 g/mol. The smallest absolute Gasteiger partial charge is 0.251 e. The number of nitrogens with one attached hydrogen (secondary N) is 4. The summed E-state index contributed by atoms with van der Waals surface area (Å²) >= 11 is 0. The lowest BCUT2D eigenvalue weighted by Crippen LogP contribution is -2.30. The lowest BCUT2D eigenvalue weighted by atomic mass is 10.1. The molecule has 164 valence electrons. The fraction of sp³-hybridized carbons (Fsp3) is 0.417. The van der Waals surface area contributed by atoms with Crippen LogP contribution in [0.25, 0.3) is 0 Å². The molecule has 0 heterocycles. The normalized spacial score (nSPS) is 10.4. The molecule has 0 radical (unpaired) electrons. The van der Waals surface area contributed by atoms with E-state index >= 15 is 0 Å². The third-order valence-corrected chi connectivity index (χ3v) is 4.17. The van der Waals surface area contributed by atoms with Gasteiger partial charge in [0, 0.05) is 43.3 Å². The van der Waals surface area contributed by atoms with E-state index < -0.39 is 0 Å². The molecule has 2 aromatic rings. The van der Waals surface area contributed by atoms with E-state index in [0.717, 1.165) is 13.1 Å². The number of benzene rings is 2. The molecule has 4 N–H and O–H groups in total. The van der Waals surface area contributed by atoms with Gasteiger partial charge < -0.3 is 21.3 Å². The van der Waals surface area contributed by atoms with Crippen LogP contribution in [-0.2, 0) is 13.1 Å². The third kappa shape index (κ3) is 9.67. The summed E-state index contributed by atoms with van der Waals surface area (Å²) in [5.41, 5.74) is 3.78. The van der Waals surface area contributed by atoms with Gasteiger partial charge in [-0.15, -0.1) is 0 Å². The Kier molecular flexibility index (Phi) is 11.4. The van der Waals surface area contributed by atoms with Crippen molar-refractivity contribution < 1.29 is 9.59 Å². The molecule has 0 fully saturated rings. The van der Waals surface area contributed by atoms with Crippen LogP contribution in [0.4, 0.5) is 0 Å². The van der Waals surface area contributed by atoms with Crippen LogP contribution in [0.2, 0.25) is 0 Å². The topological polar surface area (TPSA) is 82.3 Å². The Balaban J connectivity index is 0.000000303. The van der Waals surface area contributed by atoms with Crippen molar-refractivity contribution in [2.75, 3.05) is 14.1 Å². The lowest BCUT2D eigenvalue weighted by molar-refractivity contribution is 0.0937. The molecule has 6 nitrogen and oxygen atoms in total. The van der Waals surface area contributed by atoms with Crippen LogP contribution in [0.1, 0.15) is 59.5 Å². The minimum Gasteiger partial charge on any atom is -0.355 e. The predicted molar refractivity (Wildman–Crippen MR) is 124 cm³/mol. The first-order valence-electron chi connectivity index (χ1n) is 10.4. The van der Waals surface area contributed by atoms with Crippen molar-refractivity contribution in [1.29, 1.82) is 0 Å². The van der Waals surface area contributed by atoms with Crippen LogP contribution < -0.4 is 21.3 Å². The molecule has 0 saturated carbocycles. The molecule has 0 atom stereocenters. The summed E-state index contributed by atoms with van der Waals surface area (Å²) < 4.78 is 0. The van der Waals surface area contributed by atoms with Crippen LogP contribution in [0.15, 0.2) is 48.5 Å². The van der Waals surface area contributed by atoms with E-state index in [0.29, 0.717) is 17.2 Å². The van der Waals surface area contributed by atoms with Gasteiger partial charge in [-0.3, -0.25) is 9.59 Å². The van der Waals surface area contributed by atoms with Crippen LogP contribution in [-0.4, -0.2) is 38.0 Å². The zero-order chi connectivity index (χ0) is 22.5. The molecular formula is C24H36N4O2. The molecule has 0 aromatic heterocycles. The Labute approximate surface area is 180 Å². The van der Waals surface area contributed by atoms with Crippen molar-refractivity contribution in [3.8, 4) is 0 Å². The first-order chi connectivity index (χ1) is 14.3. The summed E-state index contributed by atoms with van der Waals surface area (Å²) in [7, 11) is 3.54. The maximum Gasteiger partial charge on any atom is 0.251 e. The summed E-state index contributed by atoms with van der Waals surface area (Å²) in [5, 5.41) is 11.8. The molecule has 0 bridgehead atoms. The number of carbonyl (C=O) groups excluding carboxylic acids is 2. The van der Waals surface area contributed by atoms with Gasteiger partial charge in [0.15, 0.2) is 0 Å². The molecule has 0 aliphatic heterocycles. The number of hydrogen-bond acceptors (Lipinski definition) is 4. The highest BCUT2D eigenvalue weighted by molar-refractivity contribution is 5.97. The maximum atomic E-state index is 11.6. The van der Waals surface area contributed by atoms with E-state index in [4.69, 9.17) is 0 Å². The Hall–Kier alpha value is -2.70. The van der Waals surface area contributed by atoms with E-state index in [1.807, 2.05) is 20.9 Å². The SMILES string of the molecule is CNC(=O)c1ccc(C(=O)NC(C)C)cc1.CNCc1ccc(CNC(C)C)cc1. The quantitative estimate of drug-likeness (QED) is 0.537. The number of rotatable bonds is 8. The molecule has 2 aromatic carbocycles. The molecule has 0 aliphatic rings. The number of amides is 2. The van der Waals surface area contributed by atoms with E-state index in [1.54, 1.807) is 31.3 Å². The van der Waals surface area contributed by atoms with Gasteiger partial charge in [0.2, 0.25) is 0 Å². The van der Waals surface area contributed by atoms with Crippen molar-refractivity contribution in [3.05, 3.63) is 70.8 Å². The molecular weight excluding hydrogens is 376 g/mol.